The number of ether oxygens (including phenoxy) is 1. The van der Waals surface area contributed by atoms with E-state index in [0.717, 1.165) is 42.8 Å². The number of hydrogen-bond acceptors (Lipinski definition) is 5. The van der Waals surface area contributed by atoms with E-state index in [1.165, 1.54) is 11.1 Å². The number of carbonyl (C=O) groups excluding carboxylic acids is 2. The van der Waals surface area contributed by atoms with Crippen LogP contribution in [-0.2, 0) is 33.6 Å². The lowest BCUT2D eigenvalue weighted by molar-refractivity contribution is -0.143. The van der Waals surface area contributed by atoms with Crippen LogP contribution in [0.1, 0.15) is 48.2 Å². The largest absolute Gasteiger partial charge is 0.463 e. The maximum atomic E-state index is 12.3. The topological polar surface area (TPSA) is 84.7 Å². The van der Waals surface area contributed by atoms with Crippen molar-refractivity contribution in [2.75, 3.05) is 24.7 Å². The fourth-order valence-electron chi connectivity index (χ4n) is 4.26. The first-order valence-corrected chi connectivity index (χ1v) is 9.81. The summed E-state index contributed by atoms with van der Waals surface area (Å²) in [6.07, 6.45) is 6.85. The van der Waals surface area contributed by atoms with Gasteiger partial charge < -0.3 is 19.3 Å². The summed E-state index contributed by atoms with van der Waals surface area (Å²) in [6, 6.07) is 4.40. The molecule has 1 unspecified atom stereocenters. The Morgan fingerprint density at radius 3 is 2.86 bits per heavy atom. The smallest absolute Gasteiger partial charge is 0.311 e. The van der Waals surface area contributed by atoms with Gasteiger partial charge in [0.25, 0.3) is 0 Å². The highest BCUT2D eigenvalue weighted by molar-refractivity contribution is 5.97. The SMILES string of the molecule is CC(c1cc2c3c(c1)CCC(=O)N3CCC2)n1cncc1CC(=O)OCCO. The fourth-order valence-corrected chi connectivity index (χ4v) is 4.26. The molecule has 3 heterocycles. The molecule has 28 heavy (non-hydrogen) atoms. The molecule has 1 atom stereocenters. The molecule has 1 N–H and O–H groups in total. The molecule has 2 aromatic rings. The number of esters is 1. The average molecular weight is 383 g/mol. The Balaban J connectivity index is 1.62. The summed E-state index contributed by atoms with van der Waals surface area (Å²) in [6.45, 7) is 2.73. The number of hydrogen-bond donors (Lipinski definition) is 1. The van der Waals surface area contributed by atoms with Gasteiger partial charge in [-0.3, -0.25) is 9.59 Å². The molecule has 2 aliphatic rings. The zero-order chi connectivity index (χ0) is 19.7. The molecule has 7 heteroatoms. The number of aromatic nitrogens is 2. The van der Waals surface area contributed by atoms with Gasteiger partial charge in [0.05, 0.1) is 31.1 Å². The van der Waals surface area contributed by atoms with E-state index < -0.39 is 0 Å². The van der Waals surface area contributed by atoms with Crippen molar-refractivity contribution in [3.63, 3.8) is 0 Å². The third kappa shape index (κ3) is 3.42. The van der Waals surface area contributed by atoms with Gasteiger partial charge in [0.15, 0.2) is 0 Å². The quantitative estimate of drug-likeness (QED) is 0.769. The van der Waals surface area contributed by atoms with Crippen LogP contribution in [0.4, 0.5) is 5.69 Å². The molecule has 0 saturated heterocycles. The Kier molecular flexibility index (Phi) is 5.17. The van der Waals surface area contributed by atoms with Crippen molar-refractivity contribution in [3.05, 3.63) is 47.0 Å². The number of anilines is 1. The number of aliphatic hydroxyl groups excluding tert-OH is 1. The molecule has 148 valence electrons. The lowest BCUT2D eigenvalue weighted by Crippen LogP contribution is -2.39. The second-order valence-corrected chi connectivity index (χ2v) is 7.43. The number of amides is 1. The number of carbonyl (C=O) groups is 2. The van der Waals surface area contributed by atoms with E-state index in [2.05, 4.69) is 24.0 Å². The predicted molar refractivity (Wildman–Crippen MR) is 103 cm³/mol. The van der Waals surface area contributed by atoms with Gasteiger partial charge in [0.2, 0.25) is 5.91 Å². The van der Waals surface area contributed by atoms with Crippen LogP contribution < -0.4 is 4.90 Å². The Hall–Kier alpha value is -2.67. The number of rotatable bonds is 6. The third-order valence-electron chi connectivity index (χ3n) is 5.62. The van der Waals surface area contributed by atoms with Crippen molar-refractivity contribution < 1.29 is 19.4 Å². The summed E-state index contributed by atoms with van der Waals surface area (Å²) in [5, 5.41) is 8.80. The summed E-state index contributed by atoms with van der Waals surface area (Å²) in [5.41, 5.74) is 5.54. The third-order valence-corrected chi connectivity index (χ3v) is 5.62. The lowest BCUT2D eigenvalue weighted by atomic mass is 9.88. The van der Waals surface area contributed by atoms with Gasteiger partial charge in [-0.1, -0.05) is 12.1 Å². The summed E-state index contributed by atoms with van der Waals surface area (Å²) in [5.74, 6) is -0.148. The highest BCUT2D eigenvalue weighted by Crippen LogP contribution is 2.38. The van der Waals surface area contributed by atoms with Crippen LogP contribution in [0.5, 0.6) is 0 Å². The lowest BCUT2D eigenvalue weighted by Gasteiger charge is -2.36. The maximum Gasteiger partial charge on any atom is 0.311 e. The van der Waals surface area contributed by atoms with Crippen LogP contribution in [0.15, 0.2) is 24.7 Å². The van der Waals surface area contributed by atoms with Gasteiger partial charge in [0.1, 0.15) is 6.61 Å². The van der Waals surface area contributed by atoms with Crippen LogP contribution in [0, 0.1) is 0 Å². The van der Waals surface area contributed by atoms with Crippen molar-refractivity contribution in [1.82, 2.24) is 9.55 Å². The molecule has 0 spiro atoms. The molecule has 0 radical (unpaired) electrons. The molecule has 2 aliphatic heterocycles. The first-order chi connectivity index (χ1) is 13.6. The van der Waals surface area contributed by atoms with E-state index in [4.69, 9.17) is 9.84 Å². The summed E-state index contributed by atoms with van der Waals surface area (Å²) < 4.78 is 6.97. The minimum Gasteiger partial charge on any atom is -0.463 e. The van der Waals surface area contributed by atoms with Crippen molar-refractivity contribution in [3.8, 4) is 0 Å². The molecule has 1 aromatic carbocycles. The zero-order valence-electron chi connectivity index (χ0n) is 16.1. The van der Waals surface area contributed by atoms with Gasteiger partial charge in [-0.05, 0) is 42.9 Å². The molecule has 0 bridgehead atoms. The van der Waals surface area contributed by atoms with Crippen molar-refractivity contribution in [2.24, 2.45) is 0 Å². The van der Waals surface area contributed by atoms with E-state index >= 15 is 0 Å². The zero-order valence-corrected chi connectivity index (χ0v) is 16.1. The maximum absolute atomic E-state index is 12.3. The predicted octanol–water partition coefficient (Wildman–Crippen LogP) is 1.80. The Labute approximate surface area is 163 Å². The normalized spacial score (nSPS) is 16.6. The highest BCUT2D eigenvalue weighted by Gasteiger charge is 2.30. The minimum atomic E-state index is -0.377. The number of aliphatic hydroxyl groups is 1. The molecule has 1 amide bonds. The molecule has 0 aliphatic carbocycles. The van der Waals surface area contributed by atoms with Crippen LogP contribution >= 0.6 is 0 Å². The molecule has 7 nitrogen and oxygen atoms in total. The summed E-state index contributed by atoms with van der Waals surface area (Å²) >= 11 is 0. The molecular weight excluding hydrogens is 358 g/mol. The van der Waals surface area contributed by atoms with E-state index in [9.17, 15) is 9.59 Å². The Morgan fingerprint density at radius 2 is 2.07 bits per heavy atom. The van der Waals surface area contributed by atoms with E-state index in [1.807, 2.05) is 9.47 Å². The van der Waals surface area contributed by atoms with E-state index in [-0.39, 0.29) is 37.6 Å². The average Bonchev–Trinajstić information content (AvgIpc) is 3.16. The monoisotopic (exact) mass is 383 g/mol. The standard InChI is InChI=1S/C21H25N3O4/c1-14(24-13-22-12-18(24)11-20(27)28-8-7-25)17-9-15-3-2-6-23-19(26)5-4-16(10-17)21(15)23/h9-10,12-14,25H,2-8,11H2,1H3. The van der Waals surface area contributed by atoms with Crippen LogP contribution in [0.2, 0.25) is 0 Å². The van der Waals surface area contributed by atoms with Crippen molar-refractivity contribution >= 4 is 17.6 Å². The number of aryl methyl sites for hydroxylation is 2. The number of benzene rings is 1. The molecule has 1 aromatic heterocycles. The Morgan fingerprint density at radius 1 is 1.29 bits per heavy atom. The molecule has 0 saturated carbocycles. The van der Waals surface area contributed by atoms with Crippen LogP contribution in [0.3, 0.4) is 0 Å². The Bertz CT molecular complexity index is 888. The van der Waals surface area contributed by atoms with Gasteiger partial charge in [-0.25, -0.2) is 4.98 Å². The second-order valence-electron chi connectivity index (χ2n) is 7.43. The van der Waals surface area contributed by atoms with E-state index in [1.54, 1.807) is 12.5 Å². The number of nitrogens with zero attached hydrogens (tertiary/aromatic N) is 3. The van der Waals surface area contributed by atoms with Gasteiger partial charge >= 0.3 is 5.97 Å². The van der Waals surface area contributed by atoms with Crippen molar-refractivity contribution in [2.45, 2.75) is 45.1 Å². The second kappa shape index (κ2) is 7.75. The first-order valence-electron chi connectivity index (χ1n) is 9.81. The first kappa shape index (κ1) is 18.7. The minimum absolute atomic E-state index is 0.00588. The van der Waals surface area contributed by atoms with Crippen LogP contribution in [0.25, 0.3) is 0 Å². The number of imidazole rings is 1. The molecule has 0 fully saturated rings. The highest BCUT2D eigenvalue weighted by atomic mass is 16.5. The molecule has 4 rings (SSSR count). The van der Waals surface area contributed by atoms with Gasteiger partial charge in [0, 0.05) is 24.9 Å². The van der Waals surface area contributed by atoms with Crippen LogP contribution in [-0.4, -0.2) is 46.3 Å². The van der Waals surface area contributed by atoms with Gasteiger partial charge in [-0.15, -0.1) is 0 Å². The van der Waals surface area contributed by atoms with Gasteiger partial charge in [-0.2, -0.15) is 0 Å². The summed E-state index contributed by atoms with van der Waals surface area (Å²) in [4.78, 5) is 30.4. The van der Waals surface area contributed by atoms with Crippen molar-refractivity contribution in [1.29, 1.82) is 0 Å². The molecular formula is C21H25N3O4. The fraction of sp³-hybridized carbons (Fsp3) is 0.476. The van der Waals surface area contributed by atoms with E-state index in [0.29, 0.717) is 6.42 Å². The summed E-state index contributed by atoms with van der Waals surface area (Å²) in [7, 11) is 0.